The highest BCUT2D eigenvalue weighted by atomic mass is 19.1. The van der Waals surface area contributed by atoms with Crippen LogP contribution in [0.4, 0.5) is 4.39 Å². The van der Waals surface area contributed by atoms with Gasteiger partial charge in [-0.15, -0.1) is 0 Å². The van der Waals surface area contributed by atoms with Crippen LogP contribution in [0.15, 0.2) is 59.3 Å². The van der Waals surface area contributed by atoms with Crippen molar-refractivity contribution in [3.63, 3.8) is 0 Å². The van der Waals surface area contributed by atoms with Crippen molar-refractivity contribution >= 4 is 22.8 Å². The molecular formula is C22H17FN2O4. The Morgan fingerprint density at radius 1 is 1.14 bits per heavy atom. The van der Waals surface area contributed by atoms with Gasteiger partial charge in [0.25, 0.3) is 5.91 Å². The molecule has 0 aliphatic carbocycles. The second-order valence-corrected chi connectivity index (χ2v) is 7.01. The standard InChI is InChI=1S/C22H17FN2O4/c1-12(2)20-18(19(24-29-20)14-4-3-5-16(23)10-14)21(26)25-9-8-13-6-7-15(22(27)28)11-17(13)25/h3-12H,1-2H3,(H,27,28). The summed E-state index contributed by atoms with van der Waals surface area (Å²) in [5, 5.41) is 14.0. The fraction of sp³-hybridized carbons (Fsp3) is 0.136. The van der Waals surface area contributed by atoms with E-state index in [1.807, 2.05) is 13.8 Å². The number of hydrogen-bond donors (Lipinski definition) is 1. The summed E-state index contributed by atoms with van der Waals surface area (Å²) in [6.07, 6.45) is 1.57. The zero-order chi connectivity index (χ0) is 20.7. The normalized spacial score (nSPS) is 11.3. The molecule has 0 saturated carbocycles. The minimum absolute atomic E-state index is 0.0741. The van der Waals surface area contributed by atoms with Crippen LogP contribution in [-0.2, 0) is 0 Å². The Bertz CT molecular complexity index is 1250. The molecule has 2 aromatic carbocycles. The molecular weight excluding hydrogens is 375 g/mol. The highest BCUT2D eigenvalue weighted by Crippen LogP contribution is 2.32. The van der Waals surface area contributed by atoms with Crippen LogP contribution in [0.5, 0.6) is 0 Å². The first-order chi connectivity index (χ1) is 13.9. The summed E-state index contributed by atoms with van der Waals surface area (Å²) in [7, 11) is 0. The number of fused-ring (bicyclic) bond motifs is 1. The van der Waals surface area contributed by atoms with Gasteiger partial charge in [0.2, 0.25) is 0 Å². The smallest absolute Gasteiger partial charge is 0.335 e. The molecule has 0 radical (unpaired) electrons. The summed E-state index contributed by atoms with van der Waals surface area (Å²) in [5.74, 6) is -1.72. The molecule has 4 rings (SSSR count). The van der Waals surface area contributed by atoms with E-state index in [1.54, 1.807) is 24.4 Å². The molecule has 0 amide bonds. The molecule has 29 heavy (non-hydrogen) atoms. The van der Waals surface area contributed by atoms with E-state index in [-0.39, 0.29) is 22.7 Å². The molecule has 2 heterocycles. The SMILES string of the molecule is CC(C)c1onc(-c2cccc(F)c2)c1C(=O)n1ccc2ccc(C(=O)O)cc21. The lowest BCUT2D eigenvalue weighted by Gasteiger charge is -2.08. The first-order valence-corrected chi connectivity index (χ1v) is 9.01. The summed E-state index contributed by atoms with van der Waals surface area (Å²) in [6.45, 7) is 3.73. The zero-order valence-corrected chi connectivity index (χ0v) is 15.7. The van der Waals surface area contributed by atoms with Crippen LogP contribution in [0.3, 0.4) is 0 Å². The fourth-order valence-corrected chi connectivity index (χ4v) is 3.30. The molecule has 0 aliphatic rings. The molecule has 6 nitrogen and oxygen atoms in total. The number of aromatic carboxylic acids is 1. The first kappa shape index (κ1) is 18.6. The van der Waals surface area contributed by atoms with Gasteiger partial charge in [-0.05, 0) is 30.3 Å². The van der Waals surface area contributed by atoms with E-state index in [0.717, 1.165) is 5.39 Å². The third kappa shape index (κ3) is 3.20. The van der Waals surface area contributed by atoms with Gasteiger partial charge in [0.1, 0.15) is 17.1 Å². The predicted molar refractivity (Wildman–Crippen MR) is 105 cm³/mol. The molecule has 7 heteroatoms. The van der Waals surface area contributed by atoms with E-state index in [1.165, 1.54) is 34.9 Å². The van der Waals surface area contributed by atoms with E-state index in [9.17, 15) is 19.1 Å². The van der Waals surface area contributed by atoms with Crippen molar-refractivity contribution in [1.82, 2.24) is 9.72 Å². The molecule has 146 valence electrons. The summed E-state index contributed by atoms with van der Waals surface area (Å²) in [6, 6.07) is 12.1. The second kappa shape index (κ2) is 7.01. The van der Waals surface area contributed by atoms with E-state index < -0.39 is 17.7 Å². The Hall–Kier alpha value is -3.74. The number of benzene rings is 2. The van der Waals surface area contributed by atoms with Gasteiger partial charge in [0.15, 0.2) is 5.76 Å². The molecule has 1 N–H and O–H groups in total. The van der Waals surface area contributed by atoms with E-state index in [0.29, 0.717) is 16.8 Å². The fourth-order valence-electron chi connectivity index (χ4n) is 3.30. The average molecular weight is 392 g/mol. The van der Waals surface area contributed by atoms with Crippen LogP contribution >= 0.6 is 0 Å². The van der Waals surface area contributed by atoms with Gasteiger partial charge in [-0.25, -0.2) is 9.18 Å². The minimum Gasteiger partial charge on any atom is -0.478 e. The topological polar surface area (TPSA) is 85.3 Å². The maximum atomic E-state index is 13.7. The highest BCUT2D eigenvalue weighted by molar-refractivity contribution is 6.07. The third-order valence-electron chi connectivity index (χ3n) is 4.71. The van der Waals surface area contributed by atoms with Gasteiger partial charge in [0.05, 0.1) is 11.1 Å². The lowest BCUT2D eigenvalue weighted by atomic mass is 10.00. The quantitative estimate of drug-likeness (QED) is 0.531. The van der Waals surface area contributed by atoms with Gasteiger partial charge in [0, 0.05) is 23.1 Å². The number of halogens is 1. The van der Waals surface area contributed by atoms with Gasteiger partial charge in [-0.2, -0.15) is 0 Å². The number of nitrogens with zero attached hydrogens (tertiary/aromatic N) is 2. The lowest BCUT2D eigenvalue weighted by Crippen LogP contribution is -2.14. The maximum absolute atomic E-state index is 13.7. The van der Waals surface area contributed by atoms with Crippen molar-refractivity contribution in [2.24, 2.45) is 0 Å². The molecule has 0 spiro atoms. The van der Waals surface area contributed by atoms with Crippen LogP contribution in [-0.4, -0.2) is 26.7 Å². The van der Waals surface area contributed by atoms with Gasteiger partial charge < -0.3 is 9.63 Å². The van der Waals surface area contributed by atoms with Crippen molar-refractivity contribution in [2.75, 3.05) is 0 Å². The Morgan fingerprint density at radius 3 is 2.62 bits per heavy atom. The molecule has 0 atom stereocenters. The van der Waals surface area contributed by atoms with Gasteiger partial charge >= 0.3 is 5.97 Å². The Balaban J connectivity index is 1.92. The monoisotopic (exact) mass is 392 g/mol. The van der Waals surface area contributed by atoms with E-state index >= 15 is 0 Å². The number of carboxylic acids is 1. The van der Waals surface area contributed by atoms with Crippen LogP contribution in [0.25, 0.3) is 22.2 Å². The molecule has 0 bridgehead atoms. The van der Waals surface area contributed by atoms with Crippen molar-refractivity contribution < 1.29 is 23.6 Å². The Labute approximate surface area is 165 Å². The number of carbonyl (C=O) groups excluding carboxylic acids is 1. The highest BCUT2D eigenvalue weighted by Gasteiger charge is 2.27. The summed E-state index contributed by atoms with van der Waals surface area (Å²) in [5.41, 5.74) is 1.42. The zero-order valence-electron chi connectivity index (χ0n) is 15.7. The maximum Gasteiger partial charge on any atom is 0.335 e. The van der Waals surface area contributed by atoms with E-state index in [2.05, 4.69) is 5.16 Å². The first-order valence-electron chi connectivity index (χ1n) is 9.01. The van der Waals surface area contributed by atoms with Crippen molar-refractivity contribution in [3.05, 3.63) is 77.4 Å². The number of carbonyl (C=O) groups is 2. The van der Waals surface area contributed by atoms with Gasteiger partial charge in [-0.1, -0.05) is 37.2 Å². The van der Waals surface area contributed by atoms with Crippen LogP contribution in [0.2, 0.25) is 0 Å². The molecule has 0 fully saturated rings. The predicted octanol–water partition coefficient (Wildman–Crippen LogP) is 4.95. The number of aromatic nitrogens is 2. The molecule has 0 unspecified atom stereocenters. The molecule has 0 saturated heterocycles. The molecule has 0 aliphatic heterocycles. The molecule has 4 aromatic rings. The van der Waals surface area contributed by atoms with Crippen molar-refractivity contribution in [2.45, 2.75) is 19.8 Å². The number of carboxylic acid groups (broad SMARTS) is 1. The minimum atomic E-state index is -1.08. The Morgan fingerprint density at radius 2 is 1.93 bits per heavy atom. The van der Waals surface area contributed by atoms with Crippen molar-refractivity contribution in [1.29, 1.82) is 0 Å². The largest absolute Gasteiger partial charge is 0.478 e. The van der Waals surface area contributed by atoms with Crippen LogP contribution in [0, 0.1) is 5.82 Å². The average Bonchev–Trinajstić information content (AvgIpc) is 3.31. The summed E-state index contributed by atoms with van der Waals surface area (Å²) < 4.78 is 20.6. The second-order valence-electron chi connectivity index (χ2n) is 7.01. The molecule has 2 aromatic heterocycles. The summed E-state index contributed by atoms with van der Waals surface area (Å²) in [4.78, 5) is 24.8. The van der Waals surface area contributed by atoms with E-state index in [4.69, 9.17) is 4.52 Å². The van der Waals surface area contributed by atoms with Crippen LogP contribution in [0.1, 0.15) is 46.2 Å². The number of rotatable bonds is 4. The third-order valence-corrected chi connectivity index (χ3v) is 4.71. The number of hydrogen-bond acceptors (Lipinski definition) is 4. The summed E-state index contributed by atoms with van der Waals surface area (Å²) >= 11 is 0. The van der Waals surface area contributed by atoms with Crippen LogP contribution < -0.4 is 0 Å². The Kier molecular flexibility index (Phi) is 4.50. The lowest BCUT2D eigenvalue weighted by molar-refractivity contribution is 0.0696. The van der Waals surface area contributed by atoms with Gasteiger partial charge in [-0.3, -0.25) is 9.36 Å². The van der Waals surface area contributed by atoms with Crippen molar-refractivity contribution in [3.8, 4) is 11.3 Å².